The van der Waals surface area contributed by atoms with E-state index in [2.05, 4.69) is 5.32 Å². The molecule has 2 N–H and O–H groups in total. The maximum atomic E-state index is 13.0. The average molecular weight is 344 g/mol. The lowest BCUT2D eigenvalue weighted by atomic mass is 10.2. The molecule has 1 fully saturated rings. The lowest BCUT2D eigenvalue weighted by molar-refractivity contribution is -0.916. The van der Waals surface area contributed by atoms with Gasteiger partial charge in [0, 0.05) is 36.2 Å². The van der Waals surface area contributed by atoms with Gasteiger partial charge < -0.3 is 10.2 Å². The van der Waals surface area contributed by atoms with Crippen LogP contribution in [0.3, 0.4) is 0 Å². The number of hydrogen-bond donors (Lipinski definition) is 2. The van der Waals surface area contributed by atoms with Gasteiger partial charge in [0.15, 0.2) is 6.54 Å². The molecular weight excluding hydrogens is 325 g/mol. The van der Waals surface area contributed by atoms with E-state index in [0.29, 0.717) is 18.3 Å². The highest BCUT2D eigenvalue weighted by Gasteiger charge is 2.34. The lowest BCUT2D eigenvalue weighted by Gasteiger charge is -2.19. The summed E-state index contributed by atoms with van der Waals surface area (Å²) in [6.07, 6.45) is 2.14. The molecule has 0 radical (unpaired) electrons. The van der Waals surface area contributed by atoms with Crippen LogP contribution in [0.25, 0.3) is 0 Å². The summed E-state index contributed by atoms with van der Waals surface area (Å²) in [5.74, 6) is -0.468. The van der Waals surface area contributed by atoms with Crippen molar-refractivity contribution in [2.45, 2.75) is 25.4 Å². The lowest BCUT2D eigenvalue weighted by Crippen LogP contribution is -3.13. The second-order valence-electron chi connectivity index (χ2n) is 6.27. The molecule has 0 saturated heterocycles. The van der Waals surface area contributed by atoms with Gasteiger partial charge in [-0.3, -0.25) is 14.9 Å². The topological polar surface area (TPSA) is 76.7 Å². The van der Waals surface area contributed by atoms with Gasteiger partial charge in [0.05, 0.1) is 11.0 Å². The van der Waals surface area contributed by atoms with Crippen LogP contribution in [-0.2, 0) is 11.3 Å². The molecule has 1 atom stereocenters. The van der Waals surface area contributed by atoms with Crippen molar-refractivity contribution in [3.8, 4) is 0 Å². The molecule has 0 aliphatic heterocycles. The van der Waals surface area contributed by atoms with Gasteiger partial charge in [-0.1, -0.05) is 18.2 Å². The maximum absolute atomic E-state index is 13.0. The second kappa shape index (κ2) is 7.40. The number of nitro groups is 1. The Morgan fingerprint density at radius 1 is 1.24 bits per heavy atom. The fourth-order valence-electron chi connectivity index (χ4n) is 2.82. The number of nitro benzene ring substituents is 1. The Balaban J connectivity index is 1.62. The third-order valence-corrected chi connectivity index (χ3v) is 4.23. The van der Waals surface area contributed by atoms with Crippen molar-refractivity contribution < 1.29 is 19.0 Å². The fraction of sp³-hybridized carbons (Fsp3) is 0.278. The summed E-state index contributed by atoms with van der Waals surface area (Å²) in [5.41, 5.74) is 1.33. The molecule has 6 nitrogen and oxygen atoms in total. The fourth-order valence-corrected chi connectivity index (χ4v) is 2.82. The van der Waals surface area contributed by atoms with Crippen LogP contribution in [0, 0.1) is 15.9 Å². The van der Waals surface area contributed by atoms with Crippen LogP contribution in [0.1, 0.15) is 18.4 Å². The van der Waals surface area contributed by atoms with E-state index >= 15 is 0 Å². The van der Waals surface area contributed by atoms with Crippen LogP contribution in [0.2, 0.25) is 0 Å². The highest BCUT2D eigenvalue weighted by molar-refractivity contribution is 5.91. The SMILES string of the molecule is O=C(C[NH+](Cc1ccc(F)cc1)C1CC1)Nc1cccc([N+](=O)[O-])c1. The third-order valence-electron chi connectivity index (χ3n) is 4.23. The van der Waals surface area contributed by atoms with Crippen molar-refractivity contribution >= 4 is 17.3 Å². The monoisotopic (exact) mass is 344 g/mol. The summed E-state index contributed by atoms with van der Waals surface area (Å²) in [4.78, 5) is 23.7. The van der Waals surface area contributed by atoms with Crippen molar-refractivity contribution in [2.24, 2.45) is 0 Å². The van der Waals surface area contributed by atoms with Crippen molar-refractivity contribution in [3.05, 3.63) is 70.0 Å². The van der Waals surface area contributed by atoms with Crippen LogP contribution < -0.4 is 10.2 Å². The Morgan fingerprint density at radius 2 is 1.96 bits per heavy atom. The van der Waals surface area contributed by atoms with Crippen LogP contribution in [0.15, 0.2) is 48.5 Å². The van der Waals surface area contributed by atoms with Gasteiger partial charge in [-0.05, 0) is 18.2 Å². The van der Waals surface area contributed by atoms with Crippen LogP contribution in [-0.4, -0.2) is 23.4 Å². The molecule has 0 heterocycles. The van der Waals surface area contributed by atoms with Crippen molar-refractivity contribution in [1.82, 2.24) is 0 Å². The zero-order valence-electron chi connectivity index (χ0n) is 13.6. The van der Waals surface area contributed by atoms with Crippen LogP contribution >= 0.6 is 0 Å². The second-order valence-corrected chi connectivity index (χ2v) is 6.27. The molecule has 7 heteroatoms. The molecular formula is C18H19FN3O3+. The predicted octanol–water partition coefficient (Wildman–Crippen LogP) is 1.92. The molecule has 3 rings (SSSR count). The van der Waals surface area contributed by atoms with E-state index in [4.69, 9.17) is 0 Å². The largest absolute Gasteiger partial charge is 0.321 e. The predicted molar refractivity (Wildman–Crippen MR) is 90.7 cm³/mol. The average Bonchev–Trinajstić information content (AvgIpc) is 3.41. The van der Waals surface area contributed by atoms with Gasteiger partial charge in [-0.2, -0.15) is 0 Å². The number of hydrogen-bond acceptors (Lipinski definition) is 3. The zero-order chi connectivity index (χ0) is 17.8. The van der Waals surface area contributed by atoms with Crippen molar-refractivity contribution in [2.75, 3.05) is 11.9 Å². The summed E-state index contributed by atoms with van der Waals surface area (Å²) in [6, 6.07) is 12.6. The molecule has 1 amide bonds. The molecule has 2 aromatic carbocycles. The molecule has 1 aliphatic carbocycles. The smallest absolute Gasteiger partial charge is 0.279 e. The van der Waals surface area contributed by atoms with E-state index in [9.17, 15) is 19.3 Å². The first-order valence-electron chi connectivity index (χ1n) is 8.14. The molecule has 2 aromatic rings. The van der Waals surface area contributed by atoms with Gasteiger partial charge in [0.2, 0.25) is 0 Å². The Morgan fingerprint density at radius 3 is 2.60 bits per heavy atom. The molecule has 0 spiro atoms. The minimum absolute atomic E-state index is 0.0597. The van der Waals surface area contributed by atoms with Gasteiger partial charge in [-0.15, -0.1) is 0 Å². The number of benzene rings is 2. The molecule has 0 aromatic heterocycles. The van der Waals surface area contributed by atoms with E-state index in [0.717, 1.165) is 23.3 Å². The van der Waals surface area contributed by atoms with Crippen LogP contribution in [0.4, 0.5) is 15.8 Å². The van der Waals surface area contributed by atoms with Crippen molar-refractivity contribution in [3.63, 3.8) is 0 Å². The maximum Gasteiger partial charge on any atom is 0.279 e. The Hall–Kier alpha value is -2.80. The van der Waals surface area contributed by atoms with E-state index in [-0.39, 0.29) is 24.0 Å². The third kappa shape index (κ3) is 4.84. The summed E-state index contributed by atoms with van der Waals surface area (Å²) in [5, 5.41) is 13.5. The first kappa shape index (κ1) is 17.0. The Kier molecular flexibility index (Phi) is 5.04. The number of quaternary nitrogens is 1. The van der Waals surface area contributed by atoms with E-state index in [1.54, 1.807) is 18.2 Å². The molecule has 25 heavy (non-hydrogen) atoms. The normalized spacial score (nSPS) is 14.8. The van der Waals surface area contributed by atoms with E-state index in [1.807, 2.05) is 0 Å². The first-order chi connectivity index (χ1) is 12.0. The highest BCUT2D eigenvalue weighted by Crippen LogP contribution is 2.18. The molecule has 0 bridgehead atoms. The number of halogens is 1. The van der Waals surface area contributed by atoms with E-state index < -0.39 is 4.92 Å². The number of carbonyl (C=O) groups is 1. The number of rotatable bonds is 7. The molecule has 130 valence electrons. The molecule has 1 unspecified atom stereocenters. The minimum atomic E-state index is -0.494. The zero-order valence-corrected chi connectivity index (χ0v) is 13.6. The van der Waals surface area contributed by atoms with Gasteiger partial charge in [0.25, 0.3) is 11.6 Å². The van der Waals surface area contributed by atoms with Crippen LogP contribution in [0.5, 0.6) is 0 Å². The Labute approximate surface area is 144 Å². The van der Waals surface area contributed by atoms with E-state index in [1.165, 1.54) is 30.3 Å². The number of non-ortho nitro benzene ring substituents is 1. The van der Waals surface area contributed by atoms with Crippen molar-refractivity contribution in [1.29, 1.82) is 0 Å². The first-order valence-corrected chi connectivity index (χ1v) is 8.14. The summed E-state index contributed by atoms with van der Waals surface area (Å²) in [7, 11) is 0. The highest BCUT2D eigenvalue weighted by atomic mass is 19.1. The summed E-state index contributed by atoms with van der Waals surface area (Å²) in [6.45, 7) is 0.915. The molecule has 1 saturated carbocycles. The van der Waals surface area contributed by atoms with Gasteiger partial charge in [0.1, 0.15) is 12.4 Å². The number of amides is 1. The van der Waals surface area contributed by atoms with Gasteiger partial charge in [-0.25, -0.2) is 4.39 Å². The summed E-state index contributed by atoms with van der Waals surface area (Å²) >= 11 is 0. The molecule has 1 aliphatic rings. The quantitative estimate of drug-likeness (QED) is 0.595. The summed E-state index contributed by atoms with van der Waals surface area (Å²) < 4.78 is 13.0. The van der Waals surface area contributed by atoms with Gasteiger partial charge >= 0.3 is 0 Å². The number of nitrogens with one attached hydrogen (secondary N) is 2. The standard InChI is InChI=1S/C18H18FN3O3/c19-14-6-4-13(5-7-14)11-21(16-8-9-16)12-18(23)20-15-2-1-3-17(10-15)22(24)25/h1-7,10,16H,8-9,11-12H2,(H,20,23)/p+1. The Bertz CT molecular complexity index is 775. The number of carbonyl (C=O) groups excluding carboxylic acids is 1. The number of nitrogens with zero attached hydrogens (tertiary/aromatic N) is 1. The number of anilines is 1. The minimum Gasteiger partial charge on any atom is -0.321 e.